The number of allylic oxidation sites excluding steroid dienone is 2. The van der Waals surface area contributed by atoms with E-state index in [0.29, 0.717) is 0 Å². The van der Waals surface area contributed by atoms with Crippen molar-refractivity contribution < 1.29 is 4.57 Å². The van der Waals surface area contributed by atoms with E-state index in [1.807, 2.05) is 6.08 Å². The molecule has 1 aliphatic rings. The summed E-state index contributed by atoms with van der Waals surface area (Å²) in [7, 11) is -1.08. The van der Waals surface area contributed by atoms with Crippen molar-refractivity contribution in [3.63, 3.8) is 0 Å². The topological polar surface area (TPSA) is 17.1 Å². The Hall–Kier alpha value is -0.940. The van der Waals surface area contributed by atoms with Crippen LogP contribution in [0.3, 0.4) is 0 Å². The SMILES string of the molecule is Cc1ccc(C2C=CC[P]2=O)cc1. The Bertz CT molecular complexity index is 351. The Morgan fingerprint density at radius 1 is 1.31 bits per heavy atom. The largest absolute Gasteiger partial charge is 0.286 e. The van der Waals surface area contributed by atoms with Crippen LogP contribution in [0.5, 0.6) is 0 Å². The van der Waals surface area contributed by atoms with Crippen LogP contribution in [-0.2, 0) is 4.57 Å². The van der Waals surface area contributed by atoms with Gasteiger partial charge in [0.15, 0.2) is 0 Å². The van der Waals surface area contributed by atoms with E-state index < -0.39 is 7.80 Å². The van der Waals surface area contributed by atoms with Gasteiger partial charge < -0.3 is 0 Å². The first-order valence-electron chi connectivity index (χ1n) is 4.44. The van der Waals surface area contributed by atoms with Gasteiger partial charge >= 0.3 is 0 Å². The third-order valence-corrected chi connectivity index (χ3v) is 3.99. The fourth-order valence-corrected chi connectivity index (χ4v) is 2.92. The van der Waals surface area contributed by atoms with Crippen molar-refractivity contribution >= 4 is 7.80 Å². The summed E-state index contributed by atoms with van der Waals surface area (Å²) in [4.78, 5) is 0. The molecular weight excluding hydrogens is 179 g/mol. The molecule has 0 saturated carbocycles. The Balaban J connectivity index is 2.30. The second-order valence-electron chi connectivity index (χ2n) is 3.38. The van der Waals surface area contributed by atoms with E-state index in [-0.39, 0.29) is 5.66 Å². The average molecular weight is 191 g/mol. The second kappa shape index (κ2) is 3.43. The van der Waals surface area contributed by atoms with Gasteiger partial charge in [-0.25, -0.2) is 0 Å². The van der Waals surface area contributed by atoms with Crippen LogP contribution in [0.4, 0.5) is 0 Å². The van der Waals surface area contributed by atoms with Gasteiger partial charge in [0.25, 0.3) is 0 Å². The van der Waals surface area contributed by atoms with Crippen molar-refractivity contribution in [3.05, 3.63) is 47.5 Å². The van der Waals surface area contributed by atoms with E-state index in [4.69, 9.17) is 0 Å². The van der Waals surface area contributed by atoms with E-state index in [2.05, 4.69) is 37.3 Å². The highest BCUT2D eigenvalue weighted by atomic mass is 31.1. The van der Waals surface area contributed by atoms with Crippen LogP contribution < -0.4 is 0 Å². The molecule has 0 aromatic heterocycles. The molecule has 2 rings (SSSR count). The molecule has 0 N–H and O–H groups in total. The van der Waals surface area contributed by atoms with Crippen LogP contribution in [0.2, 0.25) is 0 Å². The lowest BCUT2D eigenvalue weighted by atomic mass is 10.1. The summed E-state index contributed by atoms with van der Waals surface area (Å²) in [5, 5.41) is 0. The van der Waals surface area contributed by atoms with E-state index in [1.54, 1.807) is 0 Å². The lowest BCUT2D eigenvalue weighted by Crippen LogP contribution is -1.86. The van der Waals surface area contributed by atoms with Gasteiger partial charge in [-0.15, -0.1) is 0 Å². The minimum atomic E-state index is -1.08. The van der Waals surface area contributed by atoms with Gasteiger partial charge in [-0.3, -0.25) is 4.57 Å². The van der Waals surface area contributed by atoms with Crippen molar-refractivity contribution in [2.24, 2.45) is 0 Å². The normalized spacial score (nSPS) is 23.8. The first-order chi connectivity index (χ1) is 6.27. The molecule has 2 heteroatoms. The van der Waals surface area contributed by atoms with Gasteiger partial charge in [-0.1, -0.05) is 42.0 Å². The molecule has 1 aromatic rings. The predicted molar refractivity (Wildman–Crippen MR) is 55.5 cm³/mol. The molecular formula is C11H12OP. The molecule has 13 heavy (non-hydrogen) atoms. The van der Waals surface area contributed by atoms with Crippen LogP contribution >= 0.6 is 7.80 Å². The summed E-state index contributed by atoms with van der Waals surface area (Å²) in [6.45, 7) is 2.06. The molecule has 0 fully saturated rings. The van der Waals surface area contributed by atoms with Crippen molar-refractivity contribution in [2.75, 3.05) is 6.16 Å². The minimum absolute atomic E-state index is 0.163. The second-order valence-corrected chi connectivity index (χ2v) is 5.14. The Morgan fingerprint density at radius 2 is 2.00 bits per heavy atom. The lowest BCUT2D eigenvalue weighted by Gasteiger charge is -2.06. The van der Waals surface area contributed by atoms with Gasteiger partial charge in [0.1, 0.15) is 0 Å². The third-order valence-electron chi connectivity index (χ3n) is 2.33. The molecule has 0 aliphatic carbocycles. The Morgan fingerprint density at radius 3 is 2.54 bits per heavy atom. The van der Waals surface area contributed by atoms with Crippen LogP contribution in [0.15, 0.2) is 36.4 Å². The van der Waals surface area contributed by atoms with Gasteiger partial charge in [0, 0.05) is 6.16 Å². The zero-order valence-corrected chi connectivity index (χ0v) is 8.50. The fraction of sp³-hybridized carbons (Fsp3) is 0.273. The lowest BCUT2D eigenvalue weighted by molar-refractivity contribution is 0.587. The first-order valence-corrected chi connectivity index (χ1v) is 5.96. The van der Waals surface area contributed by atoms with Crippen LogP contribution in [0.1, 0.15) is 16.8 Å². The van der Waals surface area contributed by atoms with E-state index in [0.717, 1.165) is 6.16 Å². The van der Waals surface area contributed by atoms with Crippen molar-refractivity contribution in [2.45, 2.75) is 12.6 Å². The zero-order chi connectivity index (χ0) is 9.26. The smallest absolute Gasteiger partial charge is 0.0872 e. The Labute approximate surface area is 79.3 Å². The maximum absolute atomic E-state index is 11.5. The molecule has 67 valence electrons. The molecule has 0 bridgehead atoms. The maximum Gasteiger partial charge on any atom is 0.0872 e. The summed E-state index contributed by atoms with van der Waals surface area (Å²) in [5.74, 6) is 0. The van der Waals surface area contributed by atoms with Crippen LogP contribution in [0, 0.1) is 6.92 Å². The van der Waals surface area contributed by atoms with E-state index in [9.17, 15) is 4.57 Å². The van der Waals surface area contributed by atoms with Gasteiger partial charge in [0.05, 0.1) is 13.5 Å². The number of benzene rings is 1. The molecule has 1 nitrogen and oxygen atoms in total. The highest BCUT2D eigenvalue weighted by Gasteiger charge is 2.19. The van der Waals surface area contributed by atoms with Crippen molar-refractivity contribution in [1.29, 1.82) is 0 Å². The van der Waals surface area contributed by atoms with E-state index in [1.165, 1.54) is 11.1 Å². The molecule has 0 spiro atoms. The molecule has 1 aliphatic heterocycles. The molecule has 0 amide bonds. The van der Waals surface area contributed by atoms with Crippen LogP contribution in [-0.4, -0.2) is 6.16 Å². The summed E-state index contributed by atoms with van der Waals surface area (Å²) in [6, 6.07) is 8.29. The minimum Gasteiger partial charge on any atom is -0.286 e. The van der Waals surface area contributed by atoms with Crippen molar-refractivity contribution in [3.8, 4) is 0 Å². The number of aryl methyl sites for hydroxylation is 1. The predicted octanol–water partition coefficient (Wildman–Crippen LogP) is 3.43. The molecule has 2 unspecified atom stereocenters. The van der Waals surface area contributed by atoms with E-state index >= 15 is 0 Å². The Kier molecular flexibility index (Phi) is 2.28. The molecule has 2 atom stereocenters. The number of hydrogen-bond acceptors (Lipinski definition) is 1. The molecule has 1 radical (unpaired) electrons. The zero-order valence-electron chi connectivity index (χ0n) is 7.60. The number of hydrogen-bond donors (Lipinski definition) is 0. The molecule has 1 heterocycles. The van der Waals surface area contributed by atoms with Gasteiger partial charge in [-0.2, -0.15) is 0 Å². The van der Waals surface area contributed by atoms with Crippen LogP contribution in [0.25, 0.3) is 0 Å². The standard InChI is InChI=1S/C11H12OP/c1-9-4-6-10(7-5-9)11-3-2-8-13(11)12/h2-7,11H,8H2,1H3. The van der Waals surface area contributed by atoms with Gasteiger partial charge in [-0.05, 0) is 12.5 Å². The monoisotopic (exact) mass is 191 g/mol. The molecule has 0 saturated heterocycles. The summed E-state index contributed by atoms with van der Waals surface area (Å²) < 4.78 is 11.5. The fourth-order valence-electron chi connectivity index (χ4n) is 1.54. The summed E-state index contributed by atoms with van der Waals surface area (Å²) in [5.41, 5.74) is 2.59. The molecule has 1 aromatic carbocycles. The summed E-state index contributed by atoms with van der Waals surface area (Å²) in [6.07, 6.45) is 4.82. The summed E-state index contributed by atoms with van der Waals surface area (Å²) >= 11 is 0. The highest BCUT2D eigenvalue weighted by Crippen LogP contribution is 2.46. The van der Waals surface area contributed by atoms with Gasteiger partial charge in [0.2, 0.25) is 0 Å². The average Bonchev–Trinajstić information content (AvgIpc) is 2.53. The maximum atomic E-state index is 11.5. The highest BCUT2D eigenvalue weighted by molar-refractivity contribution is 7.46. The first kappa shape index (κ1) is 8.65. The quantitative estimate of drug-likeness (QED) is 0.491. The third kappa shape index (κ3) is 1.71. The van der Waals surface area contributed by atoms with Crippen molar-refractivity contribution in [1.82, 2.24) is 0 Å². The number of rotatable bonds is 1.